The molecule has 1 aromatic rings. The standard InChI is InChI=1S/C14H20N2O/c1-3-11-6-4-5-7-13(11)14(17)16(2)12-8-9-15-10-12/h4-7,12,15H,3,8-10H2,1-2H3. The molecular weight excluding hydrogens is 212 g/mol. The molecule has 1 fully saturated rings. The second kappa shape index (κ2) is 5.32. The molecule has 92 valence electrons. The SMILES string of the molecule is CCc1ccccc1C(=O)N(C)C1CCNC1. The highest BCUT2D eigenvalue weighted by Crippen LogP contribution is 2.15. The van der Waals surface area contributed by atoms with Gasteiger partial charge in [-0.3, -0.25) is 4.79 Å². The lowest BCUT2D eigenvalue weighted by molar-refractivity contribution is 0.0742. The third kappa shape index (κ3) is 2.50. The van der Waals surface area contributed by atoms with Gasteiger partial charge in [-0.15, -0.1) is 0 Å². The number of likely N-dealkylation sites (N-methyl/N-ethyl adjacent to an activating group) is 1. The molecule has 1 heterocycles. The molecular formula is C14H20N2O. The van der Waals surface area contributed by atoms with Gasteiger partial charge in [0, 0.05) is 25.2 Å². The zero-order valence-corrected chi connectivity index (χ0v) is 10.6. The number of hydrogen-bond donors (Lipinski definition) is 1. The van der Waals surface area contributed by atoms with Gasteiger partial charge in [0.25, 0.3) is 5.91 Å². The van der Waals surface area contributed by atoms with Crippen molar-refractivity contribution in [2.24, 2.45) is 0 Å². The molecule has 0 spiro atoms. The smallest absolute Gasteiger partial charge is 0.254 e. The predicted octanol–water partition coefficient (Wildman–Crippen LogP) is 1.68. The maximum atomic E-state index is 12.4. The lowest BCUT2D eigenvalue weighted by atomic mass is 10.0. The van der Waals surface area contributed by atoms with Crippen LogP contribution in [0.2, 0.25) is 0 Å². The van der Waals surface area contributed by atoms with Crippen LogP contribution in [0, 0.1) is 0 Å². The summed E-state index contributed by atoms with van der Waals surface area (Å²) in [7, 11) is 1.91. The zero-order chi connectivity index (χ0) is 12.3. The van der Waals surface area contributed by atoms with Gasteiger partial charge in [-0.2, -0.15) is 0 Å². The van der Waals surface area contributed by atoms with Gasteiger partial charge in [0.15, 0.2) is 0 Å². The second-order valence-electron chi connectivity index (χ2n) is 4.57. The number of hydrogen-bond acceptors (Lipinski definition) is 2. The van der Waals surface area contributed by atoms with Gasteiger partial charge >= 0.3 is 0 Å². The monoisotopic (exact) mass is 232 g/mol. The Labute approximate surface area is 103 Å². The molecule has 1 amide bonds. The van der Waals surface area contributed by atoms with Crippen molar-refractivity contribution in [3.63, 3.8) is 0 Å². The van der Waals surface area contributed by atoms with E-state index in [1.54, 1.807) is 0 Å². The van der Waals surface area contributed by atoms with Crippen LogP contribution < -0.4 is 5.32 Å². The first-order valence-corrected chi connectivity index (χ1v) is 6.29. The number of carbonyl (C=O) groups is 1. The van der Waals surface area contributed by atoms with Crippen LogP contribution in [-0.2, 0) is 6.42 Å². The molecule has 2 rings (SSSR count). The molecule has 0 radical (unpaired) electrons. The summed E-state index contributed by atoms with van der Waals surface area (Å²) in [6.45, 7) is 4.01. The van der Waals surface area contributed by atoms with Gasteiger partial charge in [-0.05, 0) is 31.0 Å². The minimum absolute atomic E-state index is 0.149. The minimum atomic E-state index is 0.149. The molecule has 1 aliphatic heterocycles. The van der Waals surface area contributed by atoms with Crippen LogP contribution in [0.15, 0.2) is 24.3 Å². The van der Waals surface area contributed by atoms with Gasteiger partial charge in [-0.1, -0.05) is 25.1 Å². The Hall–Kier alpha value is -1.35. The Morgan fingerprint density at radius 2 is 2.24 bits per heavy atom. The summed E-state index contributed by atoms with van der Waals surface area (Å²) < 4.78 is 0. The molecule has 1 saturated heterocycles. The largest absolute Gasteiger partial charge is 0.337 e. The lowest BCUT2D eigenvalue weighted by Gasteiger charge is -2.24. The van der Waals surface area contributed by atoms with Crippen LogP contribution in [-0.4, -0.2) is 37.0 Å². The van der Waals surface area contributed by atoms with Crippen molar-refractivity contribution in [3.05, 3.63) is 35.4 Å². The van der Waals surface area contributed by atoms with E-state index in [1.165, 1.54) is 0 Å². The molecule has 1 unspecified atom stereocenters. The number of benzene rings is 1. The van der Waals surface area contributed by atoms with Crippen molar-refractivity contribution < 1.29 is 4.79 Å². The van der Waals surface area contributed by atoms with E-state index in [1.807, 2.05) is 36.2 Å². The van der Waals surface area contributed by atoms with Crippen LogP contribution in [0.25, 0.3) is 0 Å². The van der Waals surface area contributed by atoms with Gasteiger partial charge in [0.1, 0.15) is 0 Å². The van der Waals surface area contributed by atoms with Gasteiger partial charge < -0.3 is 10.2 Å². The normalized spacial score (nSPS) is 19.3. The summed E-state index contributed by atoms with van der Waals surface area (Å²) in [6, 6.07) is 8.24. The average molecular weight is 232 g/mol. The molecule has 1 aromatic carbocycles. The number of nitrogens with one attached hydrogen (secondary N) is 1. The predicted molar refractivity (Wildman–Crippen MR) is 69.2 cm³/mol. The maximum absolute atomic E-state index is 12.4. The van der Waals surface area contributed by atoms with Crippen molar-refractivity contribution in [3.8, 4) is 0 Å². The molecule has 0 bridgehead atoms. The van der Waals surface area contributed by atoms with Crippen LogP contribution in [0.5, 0.6) is 0 Å². The van der Waals surface area contributed by atoms with E-state index in [4.69, 9.17) is 0 Å². The maximum Gasteiger partial charge on any atom is 0.254 e. The third-order valence-corrected chi connectivity index (χ3v) is 3.53. The van der Waals surface area contributed by atoms with Gasteiger partial charge in [-0.25, -0.2) is 0 Å². The fourth-order valence-electron chi connectivity index (χ4n) is 2.36. The molecule has 1 atom stereocenters. The average Bonchev–Trinajstić information content (AvgIpc) is 2.90. The molecule has 0 aliphatic carbocycles. The molecule has 0 aromatic heterocycles. The quantitative estimate of drug-likeness (QED) is 0.860. The van der Waals surface area contributed by atoms with E-state index in [0.717, 1.165) is 37.1 Å². The minimum Gasteiger partial charge on any atom is -0.337 e. The number of nitrogens with zero attached hydrogens (tertiary/aromatic N) is 1. The Morgan fingerprint density at radius 1 is 1.47 bits per heavy atom. The molecule has 1 aliphatic rings. The van der Waals surface area contributed by atoms with Crippen LogP contribution in [0.1, 0.15) is 29.3 Å². The highest BCUT2D eigenvalue weighted by atomic mass is 16.2. The van der Waals surface area contributed by atoms with Crippen LogP contribution in [0.3, 0.4) is 0 Å². The van der Waals surface area contributed by atoms with E-state index in [0.29, 0.717) is 6.04 Å². The topological polar surface area (TPSA) is 32.3 Å². The molecule has 0 saturated carbocycles. The summed E-state index contributed by atoms with van der Waals surface area (Å²) in [4.78, 5) is 14.3. The summed E-state index contributed by atoms with van der Waals surface area (Å²) >= 11 is 0. The van der Waals surface area contributed by atoms with Crippen molar-refractivity contribution >= 4 is 5.91 Å². The van der Waals surface area contributed by atoms with Crippen molar-refractivity contribution in [2.45, 2.75) is 25.8 Å². The van der Waals surface area contributed by atoms with E-state index in [9.17, 15) is 4.79 Å². The summed E-state index contributed by atoms with van der Waals surface area (Å²) in [6.07, 6.45) is 1.95. The van der Waals surface area contributed by atoms with E-state index < -0.39 is 0 Å². The Balaban J connectivity index is 2.18. The highest BCUT2D eigenvalue weighted by molar-refractivity contribution is 5.95. The number of aryl methyl sites for hydroxylation is 1. The van der Waals surface area contributed by atoms with Crippen LogP contribution in [0.4, 0.5) is 0 Å². The van der Waals surface area contributed by atoms with E-state index >= 15 is 0 Å². The summed E-state index contributed by atoms with van der Waals surface area (Å²) in [5, 5.41) is 3.29. The summed E-state index contributed by atoms with van der Waals surface area (Å²) in [5.74, 6) is 0.149. The van der Waals surface area contributed by atoms with Crippen LogP contribution >= 0.6 is 0 Å². The first-order valence-electron chi connectivity index (χ1n) is 6.29. The molecule has 3 heteroatoms. The summed E-state index contributed by atoms with van der Waals surface area (Å²) in [5.41, 5.74) is 1.99. The first kappa shape index (κ1) is 12.1. The Morgan fingerprint density at radius 3 is 2.88 bits per heavy atom. The van der Waals surface area contributed by atoms with Gasteiger partial charge in [0.2, 0.25) is 0 Å². The Kier molecular flexibility index (Phi) is 3.79. The van der Waals surface area contributed by atoms with E-state index in [-0.39, 0.29) is 5.91 Å². The van der Waals surface area contributed by atoms with E-state index in [2.05, 4.69) is 12.2 Å². The Bertz CT molecular complexity index is 397. The fraction of sp³-hybridized carbons (Fsp3) is 0.500. The first-order chi connectivity index (χ1) is 8.24. The molecule has 1 N–H and O–H groups in total. The fourth-order valence-corrected chi connectivity index (χ4v) is 2.36. The van der Waals surface area contributed by atoms with Gasteiger partial charge in [0.05, 0.1) is 0 Å². The molecule has 17 heavy (non-hydrogen) atoms. The third-order valence-electron chi connectivity index (χ3n) is 3.53. The second-order valence-corrected chi connectivity index (χ2v) is 4.57. The lowest BCUT2D eigenvalue weighted by Crippen LogP contribution is -2.38. The van der Waals surface area contributed by atoms with Crippen molar-refractivity contribution in [1.82, 2.24) is 10.2 Å². The number of carbonyl (C=O) groups excluding carboxylic acids is 1. The van der Waals surface area contributed by atoms with Crippen molar-refractivity contribution in [1.29, 1.82) is 0 Å². The zero-order valence-electron chi connectivity index (χ0n) is 10.6. The highest BCUT2D eigenvalue weighted by Gasteiger charge is 2.24. The van der Waals surface area contributed by atoms with Crippen molar-refractivity contribution in [2.75, 3.05) is 20.1 Å². The number of amides is 1. The number of rotatable bonds is 3. The molecule has 3 nitrogen and oxygen atoms in total.